The SMILES string of the molecule is C/C=C\C(=C/CC)COC(=O)C12CCCC1C1CCC3C4(C)CCCC(C)C4CCC3(C)[C@]1(C)CC2.CC=O. The fourth-order valence-electron chi connectivity index (χ4n) is 11.6. The average molecular weight is 539 g/mol. The highest BCUT2D eigenvalue weighted by atomic mass is 16.5. The zero-order valence-corrected chi connectivity index (χ0v) is 26.3. The van der Waals surface area contributed by atoms with Gasteiger partial charge in [0.15, 0.2) is 0 Å². The first-order valence-electron chi connectivity index (χ1n) is 16.5. The summed E-state index contributed by atoms with van der Waals surface area (Å²) in [5.74, 6) is 4.02. The second-order valence-electron chi connectivity index (χ2n) is 14.7. The molecule has 0 aromatic carbocycles. The molecule has 0 saturated heterocycles. The van der Waals surface area contributed by atoms with E-state index in [0.717, 1.165) is 48.9 Å². The summed E-state index contributed by atoms with van der Waals surface area (Å²) in [6.45, 7) is 16.7. The Labute approximate surface area is 240 Å². The number of fused-ring (bicyclic) bond motifs is 7. The third kappa shape index (κ3) is 4.90. The number of ether oxygens (including phenoxy) is 1. The summed E-state index contributed by atoms with van der Waals surface area (Å²) in [7, 11) is 0. The zero-order valence-electron chi connectivity index (χ0n) is 26.3. The molecule has 0 aliphatic heterocycles. The number of hydrogen-bond donors (Lipinski definition) is 0. The molecule has 0 bridgehead atoms. The number of rotatable bonds is 5. The van der Waals surface area contributed by atoms with Crippen molar-refractivity contribution in [2.75, 3.05) is 6.61 Å². The van der Waals surface area contributed by atoms with Crippen LogP contribution in [0.3, 0.4) is 0 Å². The summed E-state index contributed by atoms with van der Waals surface area (Å²) in [5, 5.41) is 0. The van der Waals surface area contributed by atoms with Crippen molar-refractivity contribution in [3.8, 4) is 0 Å². The Hall–Kier alpha value is -1.38. The van der Waals surface area contributed by atoms with E-state index in [1.807, 2.05) is 6.92 Å². The van der Waals surface area contributed by atoms with Crippen molar-refractivity contribution in [1.82, 2.24) is 0 Å². The van der Waals surface area contributed by atoms with E-state index in [-0.39, 0.29) is 11.4 Å². The van der Waals surface area contributed by atoms with Gasteiger partial charge in [-0.1, -0.05) is 72.1 Å². The molecule has 220 valence electrons. The highest BCUT2D eigenvalue weighted by Gasteiger charge is 2.69. The van der Waals surface area contributed by atoms with E-state index in [1.54, 1.807) is 0 Å². The maximum Gasteiger partial charge on any atom is 0.312 e. The van der Waals surface area contributed by atoms with Crippen LogP contribution in [0.15, 0.2) is 23.8 Å². The van der Waals surface area contributed by atoms with Gasteiger partial charge in [-0.25, -0.2) is 0 Å². The van der Waals surface area contributed by atoms with Gasteiger partial charge in [0.05, 0.1) is 5.41 Å². The van der Waals surface area contributed by atoms with Crippen LogP contribution >= 0.6 is 0 Å². The van der Waals surface area contributed by atoms with Crippen LogP contribution in [0, 0.1) is 51.2 Å². The summed E-state index contributed by atoms with van der Waals surface area (Å²) in [6, 6.07) is 0. The molecule has 5 saturated carbocycles. The van der Waals surface area contributed by atoms with Crippen LogP contribution in [0.5, 0.6) is 0 Å². The van der Waals surface area contributed by atoms with Crippen LogP contribution in [-0.2, 0) is 14.3 Å². The summed E-state index contributed by atoms with van der Waals surface area (Å²) in [6.07, 6.45) is 23.7. The molecule has 5 aliphatic rings. The smallest absolute Gasteiger partial charge is 0.312 e. The minimum absolute atomic E-state index is 0.127. The quantitative estimate of drug-likeness (QED) is 0.199. The number of hydrogen-bond acceptors (Lipinski definition) is 3. The maximum absolute atomic E-state index is 13.9. The topological polar surface area (TPSA) is 43.4 Å². The first-order valence-corrected chi connectivity index (χ1v) is 16.5. The van der Waals surface area contributed by atoms with Gasteiger partial charge in [-0.15, -0.1) is 0 Å². The van der Waals surface area contributed by atoms with E-state index >= 15 is 0 Å². The van der Waals surface area contributed by atoms with Gasteiger partial charge in [-0.05, 0) is 129 Å². The van der Waals surface area contributed by atoms with E-state index in [4.69, 9.17) is 9.53 Å². The molecule has 5 rings (SSSR count). The van der Waals surface area contributed by atoms with Crippen molar-refractivity contribution >= 4 is 12.3 Å². The Balaban J connectivity index is 0.00000112. The van der Waals surface area contributed by atoms with Gasteiger partial charge in [-0.3, -0.25) is 4.79 Å². The normalized spacial score (nSPS) is 45.2. The molecule has 39 heavy (non-hydrogen) atoms. The van der Waals surface area contributed by atoms with Gasteiger partial charge in [0, 0.05) is 0 Å². The summed E-state index contributed by atoms with van der Waals surface area (Å²) in [4.78, 5) is 22.7. The molecule has 0 amide bonds. The van der Waals surface area contributed by atoms with Crippen molar-refractivity contribution in [1.29, 1.82) is 0 Å². The molecule has 0 N–H and O–H groups in total. The molecule has 9 atom stereocenters. The third-order valence-corrected chi connectivity index (χ3v) is 13.4. The Morgan fingerprint density at radius 3 is 2.26 bits per heavy atom. The van der Waals surface area contributed by atoms with Crippen LogP contribution in [-0.4, -0.2) is 18.9 Å². The monoisotopic (exact) mass is 538 g/mol. The lowest BCUT2D eigenvalue weighted by Gasteiger charge is -2.71. The van der Waals surface area contributed by atoms with Gasteiger partial charge in [0.25, 0.3) is 0 Å². The van der Waals surface area contributed by atoms with Gasteiger partial charge < -0.3 is 9.53 Å². The van der Waals surface area contributed by atoms with Gasteiger partial charge in [0.1, 0.15) is 12.9 Å². The summed E-state index contributed by atoms with van der Waals surface area (Å²) >= 11 is 0. The molecule has 8 unspecified atom stereocenters. The lowest BCUT2D eigenvalue weighted by molar-refractivity contribution is -0.228. The molecule has 0 heterocycles. The summed E-state index contributed by atoms with van der Waals surface area (Å²) < 4.78 is 6.14. The van der Waals surface area contributed by atoms with Crippen molar-refractivity contribution < 1.29 is 14.3 Å². The van der Waals surface area contributed by atoms with E-state index in [0.29, 0.717) is 34.7 Å². The molecule has 0 radical (unpaired) electrons. The molecule has 3 nitrogen and oxygen atoms in total. The van der Waals surface area contributed by atoms with Crippen molar-refractivity contribution in [3.05, 3.63) is 23.8 Å². The summed E-state index contributed by atoms with van der Waals surface area (Å²) in [5.41, 5.74) is 2.22. The highest BCUT2D eigenvalue weighted by Crippen LogP contribution is 2.76. The molecule has 5 fully saturated rings. The molecule has 0 spiro atoms. The molecular weight excluding hydrogens is 480 g/mol. The third-order valence-electron chi connectivity index (χ3n) is 13.4. The Morgan fingerprint density at radius 1 is 0.846 bits per heavy atom. The molecule has 5 aliphatic carbocycles. The first kappa shape index (κ1) is 30.6. The molecule has 3 heteroatoms. The van der Waals surface area contributed by atoms with Gasteiger partial charge >= 0.3 is 5.97 Å². The minimum atomic E-state index is -0.221. The van der Waals surface area contributed by atoms with Crippen molar-refractivity contribution in [2.45, 2.75) is 132 Å². The fourth-order valence-corrected chi connectivity index (χ4v) is 11.6. The highest BCUT2D eigenvalue weighted by molar-refractivity contribution is 5.78. The Morgan fingerprint density at radius 2 is 1.56 bits per heavy atom. The van der Waals surface area contributed by atoms with Crippen LogP contribution in [0.1, 0.15) is 132 Å². The van der Waals surface area contributed by atoms with Crippen LogP contribution < -0.4 is 0 Å². The number of carbonyl (C=O) groups is 2. The second kappa shape index (κ2) is 11.8. The first-order chi connectivity index (χ1) is 18.6. The van der Waals surface area contributed by atoms with Crippen LogP contribution in [0.4, 0.5) is 0 Å². The number of esters is 1. The van der Waals surface area contributed by atoms with Gasteiger partial charge in [0.2, 0.25) is 0 Å². The predicted molar refractivity (Wildman–Crippen MR) is 161 cm³/mol. The van der Waals surface area contributed by atoms with E-state index < -0.39 is 0 Å². The fraction of sp³-hybridized carbons (Fsp3) is 0.833. The standard InChI is InChI=1S/C34H54O2.C2H4O/c1-7-11-25(12-8-2)23-36-30(35)34-19-10-14-28(34)27-15-16-29-31(4)18-9-13-24(3)26(31)17-20-33(29,6)32(27,5)21-22-34;1-2-3/h7,11-12,24,26-29H,8-10,13-23H2,1-6H3;2H,1H3/b11-7-,25-12+;/t24?,26?,27?,28?,29?,31?,32-,33?,34?;/m1./s1. The Kier molecular flexibility index (Phi) is 9.29. The molecule has 0 aromatic heterocycles. The van der Waals surface area contributed by atoms with Crippen LogP contribution in [0.25, 0.3) is 0 Å². The number of allylic oxidation sites excluding steroid dienone is 2. The molecular formula is C36H58O3. The van der Waals surface area contributed by atoms with E-state index in [2.05, 4.69) is 52.8 Å². The second-order valence-corrected chi connectivity index (χ2v) is 14.7. The number of carbonyl (C=O) groups excluding carboxylic acids is 2. The van der Waals surface area contributed by atoms with Crippen LogP contribution in [0.2, 0.25) is 0 Å². The zero-order chi connectivity index (χ0) is 28.5. The molecule has 0 aromatic rings. The van der Waals surface area contributed by atoms with E-state index in [9.17, 15) is 4.79 Å². The average Bonchev–Trinajstić information content (AvgIpc) is 3.34. The minimum Gasteiger partial charge on any atom is -0.460 e. The Bertz CT molecular complexity index is 949. The largest absolute Gasteiger partial charge is 0.460 e. The lowest BCUT2D eigenvalue weighted by Crippen LogP contribution is -2.65. The van der Waals surface area contributed by atoms with E-state index in [1.165, 1.54) is 71.1 Å². The van der Waals surface area contributed by atoms with Crippen molar-refractivity contribution in [2.24, 2.45) is 51.2 Å². The predicted octanol–water partition coefficient (Wildman–Crippen LogP) is 9.50. The van der Waals surface area contributed by atoms with Gasteiger partial charge in [-0.2, -0.15) is 0 Å². The lowest BCUT2D eigenvalue weighted by atomic mass is 9.33. The number of aldehydes is 1. The maximum atomic E-state index is 13.9. The van der Waals surface area contributed by atoms with Crippen molar-refractivity contribution in [3.63, 3.8) is 0 Å².